The van der Waals surface area contributed by atoms with Crippen molar-refractivity contribution in [3.8, 4) is 17.2 Å². The quantitative estimate of drug-likeness (QED) is 0.396. The van der Waals surface area contributed by atoms with Crippen molar-refractivity contribution in [2.75, 3.05) is 34.2 Å². The second-order valence-corrected chi connectivity index (χ2v) is 7.73. The maximum atomic E-state index is 12.8. The molecule has 0 saturated heterocycles. The molecular formula is C23H25N3O5S. The van der Waals surface area contributed by atoms with Gasteiger partial charge in [-0.1, -0.05) is 12.1 Å². The first-order valence-electron chi connectivity index (χ1n) is 10.2. The molecule has 0 atom stereocenters. The maximum absolute atomic E-state index is 12.8. The van der Waals surface area contributed by atoms with Crippen molar-refractivity contribution >= 4 is 28.2 Å². The number of pyridine rings is 1. The van der Waals surface area contributed by atoms with E-state index in [0.717, 1.165) is 16.7 Å². The van der Waals surface area contributed by atoms with Gasteiger partial charge in [0.1, 0.15) is 5.75 Å². The number of methoxy groups -OCH3 is 2. The number of fused-ring (bicyclic) bond motifs is 2. The summed E-state index contributed by atoms with van der Waals surface area (Å²) < 4.78 is 21.2. The third kappa shape index (κ3) is 4.95. The minimum atomic E-state index is -0.171. The minimum absolute atomic E-state index is 0.171. The number of aromatic nitrogens is 1. The molecule has 0 fully saturated rings. The highest BCUT2D eigenvalue weighted by Gasteiger charge is 2.17. The van der Waals surface area contributed by atoms with Crippen molar-refractivity contribution in [2.45, 2.75) is 13.1 Å². The molecule has 1 aliphatic heterocycles. The van der Waals surface area contributed by atoms with Gasteiger partial charge in [-0.3, -0.25) is 4.79 Å². The van der Waals surface area contributed by atoms with Gasteiger partial charge in [-0.25, -0.2) is 0 Å². The number of hydrogen-bond donors (Lipinski definition) is 2. The van der Waals surface area contributed by atoms with Gasteiger partial charge in [0.25, 0.3) is 5.56 Å². The van der Waals surface area contributed by atoms with E-state index in [2.05, 4.69) is 10.3 Å². The van der Waals surface area contributed by atoms with Gasteiger partial charge in [-0.05, 0) is 42.0 Å². The molecule has 0 spiro atoms. The summed E-state index contributed by atoms with van der Waals surface area (Å²) in [6.45, 7) is 2.15. The van der Waals surface area contributed by atoms with Crippen LogP contribution in [0, 0.1) is 0 Å². The molecule has 32 heavy (non-hydrogen) atoms. The predicted molar refractivity (Wildman–Crippen MR) is 125 cm³/mol. The summed E-state index contributed by atoms with van der Waals surface area (Å²) in [6, 6.07) is 13.3. The standard InChI is InChI=1S/C23H25N3O5S/c1-28-8-7-24-23(32)26(12-15-3-5-18(29-2)6-4-15)13-17-9-16-10-20-21(31-14-30-20)11-19(16)25-22(17)27/h3-6,9-11H,7-8,12-14H2,1-2H3,(H,24,32)(H,25,27). The smallest absolute Gasteiger partial charge is 0.253 e. The summed E-state index contributed by atoms with van der Waals surface area (Å²) in [5.74, 6) is 2.08. The van der Waals surface area contributed by atoms with E-state index in [4.69, 9.17) is 31.2 Å². The number of nitrogens with zero attached hydrogens (tertiary/aromatic N) is 1. The highest BCUT2D eigenvalue weighted by molar-refractivity contribution is 7.80. The molecule has 9 heteroatoms. The number of thiocarbonyl (C=S) groups is 1. The first-order valence-corrected chi connectivity index (χ1v) is 10.6. The highest BCUT2D eigenvalue weighted by atomic mass is 32.1. The van der Waals surface area contributed by atoms with Crippen molar-refractivity contribution in [1.29, 1.82) is 0 Å². The lowest BCUT2D eigenvalue weighted by molar-refractivity contribution is 0.174. The zero-order chi connectivity index (χ0) is 22.5. The molecule has 1 aliphatic rings. The fourth-order valence-electron chi connectivity index (χ4n) is 3.49. The summed E-state index contributed by atoms with van der Waals surface area (Å²) >= 11 is 5.63. The Kier molecular flexibility index (Phi) is 6.77. The van der Waals surface area contributed by atoms with E-state index in [1.807, 2.05) is 41.3 Å². The zero-order valence-corrected chi connectivity index (χ0v) is 18.8. The molecule has 0 bridgehead atoms. The van der Waals surface area contributed by atoms with Crippen LogP contribution in [0.4, 0.5) is 0 Å². The van der Waals surface area contributed by atoms with Crippen molar-refractivity contribution in [1.82, 2.24) is 15.2 Å². The van der Waals surface area contributed by atoms with Crippen LogP contribution in [0.5, 0.6) is 17.2 Å². The fraction of sp³-hybridized carbons (Fsp3) is 0.304. The number of benzene rings is 2. The molecule has 168 valence electrons. The Morgan fingerprint density at radius 1 is 1.12 bits per heavy atom. The van der Waals surface area contributed by atoms with E-state index in [1.54, 1.807) is 20.3 Å². The SMILES string of the molecule is COCCNC(=S)N(Cc1ccc(OC)cc1)Cc1cc2cc3c(cc2[nH]c1=O)OCO3. The van der Waals surface area contributed by atoms with E-state index >= 15 is 0 Å². The Balaban J connectivity index is 1.60. The number of H-pyrrole nitrogens is 1. The van der Waals surface area contributed by atoms with Gasteiger partial charge in [0.2, 0.25) is 6.79 Å². The van der Waals surface area contributed by atoms with E-state index in [1.165, 1.54) is 0 Å². The van der Waals surface area contributed by atoms with Gasteiger partial charge < -0.3 is 34.1 Å². The summed E-state index contributed by atoms with van der Waals surface area (Å²) in [6.07, 6.45) is 0. The predicted octanol–water partition coefficient (Wildman–Crippen LogP) is 2.79. The topological polar surface area (TPSA) is 85.1 Å². The second-order valence-electron chi connectivity index (χ2n) is 7.35. The number of rotatable bonds is 8. The maximum Gasteiger partial charge on any atom is 0.253 e. The lowest BCUT2D eigenvalue weighted by atomic mass is 10.1. The van der Waals surface area contributed by atoms with E-state index in [9.17, 15) is 4.79 Å². The Bertz CT molecular complexity index is 1160. The van der Waals surface area contributed by atoms with Crippen molar-refractivity contribution in [3.63, 3.8) is 0 Å². The largest absolute Gasteiger partial charge is 0.497 e. The second kappa shape index (κ2) is 9.88. The molecule has 0 radical (unpaired) electrons. The Hall–Kier alpha value is -3.30. The van der Waals surface area contributed by atoms with Crippen molar-refractivity contribution in [3.05, 3.63) is 63.9 Å². The number of hydrogen-bond acceptors (Lipinski definition) is 6. The van der Waals surface area contributed by atoms with Crippen LogP contribution in [0.25, 0.3) is 10.9 Å². The van der Waals surface area contributed by atoms with Crippen LogP contribution >= 0.6 is 12.2 Å². The minimum Gasteiger partial charge on any atom is -0.497 e. The summed E-state index contributed by atoms with van der Waals surface area (Å²) in [5, 5.41) is 4.61. The Morgan fingerprint density at radius 2 is 1.88 bits per heavy atom. The average Bonchev–Trinajstić information content (AvgIpc) is 3.25. The molecule has 4 rings (SSSR count). The molecule has 0 unspecified atom stereocenters. The van der Waals surface area contributed by atoms with Crippen LogP contribution in [0.2, 0.25) is 0 Å². The summed E-state index contributed by atoms with van der Waals surface area (Å²) in [5.41, 5.74) is 2.17. The lowest BCUT2D eigenvalue weighted by Crippen LogP contribution is -2.41. The zero-order valence-electron chi connectivity index (χ0n) is 18.0. The van der Waals surface area contributed by atoms with E-state index in [0.29, 0.717) is 53.9 Å². The molecule has 3 aromatic rings. The van der Waals surface area contributed by atoms with Crippen LogP contribution < -0.4 is 25.1 Å². The monoisotopic (exact) mass is 455 g/mol. The molecule has 0 saturated carbocycles. The molecule has 8 nitrogen and oxygen atoms in total. The first kappa shape index (κ1) is 21.9. The molecule has 0 aliphatic carbocycles. The van der Waals surface area contributed by atoms with Crippen LogP contribution in [-0.2, 0) is 17.8 Å². The van der Waals surface area contributed by atoms with Gasteiger partial charge in [0.15, 0.2) is 16.6 Å². The van der Waals surface area contributed by atoms with Crippen molar-refractivity contribution < 1.29 is 18.9 Å². The van der Waals surface area contributed by atoms with Gasteiger partial charge in [-0.2, -0.15) is 0 Å². The highest BCUT2D eigenvalue weighted by Crippen LogP contribution is 2.35. The fourth-order valence-corrected chi connectivity index (χ4v) is 3.72. The number of aromatic amines is 1. The first-order chi connectivity index (χ1) is 15.6. The van der Waals surface area contributed by atoms with Crippen molar-refractivity contribution in [2.24, 2.45) is 0 Å². The molecule has 2 aromatic carbocycles. The number of ether oxygens (including phenoxy) is 4. The molecule has 1 aromatic heterocycles. The van der Waals surface area contributed by atoms with Crippen LogP contribution in [0.3, 0.4) is 0 Å². The number of nitrogens with one attached hydrogen (secondary N) is 2. The Labute approximate surface area is 191 Å². The van der Waals surface area contributed by atoms with E-state index < -0.39 is 0 Å². The van der Waals surface area contributed by atoms with Crippen LogP contribution in [0.15, 0.2) is 47.3 Å². The third-order valence-corrected chi connectivity index (χ3v) is 5.58. The Morgan fingerprint density at radius 3 is 2.59 bits per heavy atom. The summed E-state index contributed by atoms with van der Waals surface area (Å²) in [4.78, 5) is 17.7. The van der Waals surface area contributed by atoms with Gasteiger partial charge in [0, 0.05) is 37.2 Å². The molecular weight excluding hydrogens is 430 g/mol. The normalized spacial score (nSPS) is 12.1. The third-order valence-electron chi connectivity index (χ3n) is 5.18. The molecule has 2 N–H and O–H groups in total. The molecule has 0 amide bonds. The summed E-state index contributed by atoms with van der Waals surface area (Å²) in [7, 11) is 3.27. The average molecular weight is 456 g/mol. The van der Waals surface area contributed by atoms with Crippen LogP contribution in [-0.4, -0.2) is 49.2 Å². The van der Waals surface area contributed by atoms with Gasteiger partial charge >= 0.3 is 0 Å². The van der Waals surface area contributed by atoms with Crippen LogP contribution in [0.1, 0.15) is 11.1 Å². The van der Waals surface area contributed by atoms with E-state index in [-0.39, 0.29) is 12.4 Å². The van der Waals surface area contributed by atoms with Gasteiger partial charge in [0.05, 0.1) is 25.8 Å². The van der Waals surface area contributed by atoms with Gasteiger partial charge in [-0.15, -0.1) is 0 Å². The molecule has 2 heterocycles. The lowest BCUT2D eigenvalue weighted by Gasteiger charge is -2.26.